The monoisotopic (exact) mass is 222 g/mol. The van der Waals surface area contributed by atoms with Crippen molar-refractivity contribution in [2.75, 3.05) is 5.08 Å². The molecule has 2 rings (SSSR count). The van der Waals surface area contributed by atoms with Crippen molar-refractivity contribution in [3.05, 3.63) is 24.3 Å². The topological polar surface area (TPSA) is 54.5 Å². The minimum atomic E-state index is 0.657. The highest BCUT2D eigenvalue weighted by Gasteiger charge is 2.02. The van der Waals surface area contributed by atoms with E-state index < -0.39 is 0 Å². The summed E-state index contributed by atoms with van der Waals surface area (Å²) >= 11 is 2.66. The van der Waals surface area contributed by atoms with Gasteiger partial charge in [0, 0.05) is 0 Å². The highest BCUT2D eigenvalue weighted by molar-refractivity contribution is 8.17. The third-order valence-corrected chi connectivity index (χ3v) is 3.16. The molecule has 0 aliphatic rings. The number of thiocyanates is 1. The van der Waals surface area contributed by atoms with Gasteiger partial charge >= 0.3 is 0 Å². The third-order valence-electron chi connectivity index (χ3n) is 1.62. The summed E-state index contributed by atoms with van der Waals surface area (Å²) in [4.78, 5) is 0. The molecule has 1 aromatic heterocycles. The second-order valence-corrected chi connectivity index (χ2v) is 4.45. The van der Waals surface area contributed by atoms with Crippen molar-refractivity contribution in [1.82, 2.24) is 14.4 Å². The van der Waals surface area contributed by atoms with Crippen LogP contribution in [0.25, 0.3) is 11.0 Å². The molecular formula is C8H6N4S2. The van der Waals surface area contributed by atoms with Crippen molar-refractivity contribution in [2.24, 2.45) is 0 Å². The Morgan fingerprint density at radius 2 is 2.29 bits per heavy atom. The maximum Gasteiger partial charge on any atom is 0.134 e. The number of nitrogens with zero attached hydrogens (tertiary/aromatic N) is 4. The molecule has 0 bridgehead atoms. The van der Waals surface area contributed by atoms with Gasteiger partial charge in [0.1, 0.15) is 16.4 Å². The Hall–Kier alpha value is -1.19. The lowest BCUT2D eigenvalue weighted by Crippen LogP contribution is -1.89. The van der Waals surface area contributed by atoms with Gasteiger partial charge in [-0.2, -0.15) is 9.35 Å². The van der Waals surface area contributed by atoms with E-state index in [2.05, 4.69) is 10.3 Å². The maximum absolute atomic E-state index is 8.36. The van der Waals surface area contributed by atoms with Gasteiger partial charge in [0.2, 0.25) is 0 Å². The average molecular weight is 222 g/mol. The van der Waals surface area contributed by atoms with Crippen LogP contribution in [0.15, 0.2) is 24.3 Å². The molecule has 6 heteroatoms. The lowest BCUT2D eigenvalue weighted by atomic mass is 10.3. The zero-order valence-electron chi connectivity index (χ0n) is 7.12. The molecular weight excluding hydrogens is 216 g/mol. The number of fused-ring (bicyclic) bond motifs is 1. The first kappa shape index (κ1) is 9.37. The van der Waals surface area contributed by atoms with Crippen LogP contribution in [-0.2, 0) is 0 Å². The average Bonchev–Trinajstić information content (AvgIpc) is 2.63. The van der Waals surface area contributed by atoms with E-state index in [1.807, 2.05) is 29.7 Å². The zero-order valence-corrected chi connectivity index (χ0v) is 8.75. The molecule has 0 saturated carbocycles. The molecule has 1 heterocycles. The molecule has 0 unspecified atom stereocenters. The molecule has 0 N–H and O–H groups in total. The first-order valence-corrected chi connectivity index (χ1v) is 5.79. The molecule has 4 nitrogen and oxygen atoms in total. The molecule has 0 fully saturated rings. The third kappa shape index (κ3) is 1.84. The fourth-order valence-corrected chi connectivity index (χ4v) is 2.25. The van der Waals surface area contributed by atoms with Gasteiger partial charge in [-0.1, -0.05) is 17.3 Å². The van der Waals surface area contributed by atoms with Crippen LogP contribution < -0.4 is 0 Å². The molecule has 70 valence electrons. The summed E-state index contributed by atoms with van der Waals surface area (Å²) in [5.41, 5.74) is 1.86. The maximum atomic E-state index is 8.36. The molecule has 0 amide bonds. The number of rotatable bonds is 3. The van der Waals surface area contributed by atoms with Gasteiger partial charge in [-0.3, -0.25) is 0 Å². The van der Waals surface area contributed by atoms with Gasteiger partial charge in [-0.25, -0.2) is 0 Å². The summed E-state index contributed by atoms with van der Waals surface area (Å²) in [6.07, 6.45) is 0. The van der Waals surface area contributed by atoms with Crippen molar-refractivity contribution < 1.29 is 0 Å². The molecule has 0 aliphatic heterocycles. The summed E-state index contributed by atoms with van der Waals surface area (Å²) < 4.78 is 1.74. The summed E-state index contributed by atoms with van der Waals surface area (Å²) in [6.45, 7) is 0. The fraction of sp³-hybridized carbons (Fsp3) is 0.125. The number of hydrogen-bond donors (Lipinski definition) is 0. The van der Waals surface area contributed by atoms with Crippen molar-refractivity contribution in [1.29, 1.82) is 5.26 Å². The standard InChI is InChI=1S/C8H6N4S2/c9-5-13-6-14-12-8-4-2-1-3-7(8)10-11-12/h1-4H,6H2. The Morgan fingerprint density at radius 1 is 1.43 bits per heavy atom. The SMILES string of the molecule is N#CSCSn1nnc2ccccc21. The van der Waals surface area contributed by atoms with Gasteiger partial charge in [0.15, 0.2) is 0 Å². The first-order valence-electron chi connectivity index (χ1n) is 3.86. The number of hydrogen-bond acceptors (Lipinski definition) is 5. The minimum absolute atomic E-state index is 0.657. The van der Waals surface area contributed by atoms with Crippen molar-refractivity contribution >= 4 is 34.7 Å². The molecule has 0 aliphatic carbocycles. The van der Waals surface area contributed by atoms with E-state index >= 15 is 0 Å². The van der Waals surface area contributed by atoms with Crippen LogP contribution in [0.5, 0.6) is 0 Å². The number of nitriles is 1. The lowest BCUT2D eigenvalue weighted by molar-refractivity contribution is 0.912. The Morgan fingerprint density at radius 3 is 3.14 bits per heavy atom. The van der Waals surface area contributed by atoms with Crippen molar-refractivity contribution in [3.8, 4) is 5.40 Å². The van der Waals surface area contributed by atoms with Gasteiger partial charge in [-0.15, -0.1) is 5.10 Å². The van der Waals surface area contributed by atoms with E-state index in [4.69, 9.17) is 5.26 Å². The molecule has 0 radical (unpaired) electrons. The van der Waals surface area contributed by atoms with E-state index in [1.165, 1.54) is 23.7 Å². The molecule has 0 saturated heterocycles. The van der Waals surface area contributed by atoms with Crippen molar-refractivity contribution in [2.45, 2.75) is 0 Å². The summed E-state index contributed by atoms with van der Waals surface area (Å²) in [6, 6.07) is 7.74. The summed E-state index contributed by atoms with van der Waals surface area (Å²) in [5.74, 6) is 0. The highest BCUT2D eigenvalue weighted by Crippen LogP contribution is 2.18. The number of thioether (sulfide) groups is 1. The van der Waals surface area contributed by atoms with E-state index in [0.717, 1.165) is 11.0 Å². The van der Waals surface area contributed by atoms with Crippen LogP contribution in [0.1, 0.15) is 0 Å². The van der Waals surface area contributed by atoms with Crippen LogP contribution in [0.2, 0.25) is 0 Å². The van der Waals surface area contributed by atoms with Gasteiger partial charge in [-0.05, 0) is 35.8 Å². The highest BCUT2D eigenvalue weighted by atomic mass is 32.2. The van der Waals surface area contributed by atoms with Crippen LogP contribution in [0.4, 0.5) is 0 Å². The van der Waals surface area contributed by atoms with Crippen LogP contribution in [0, 0.1) is 10.7 Å². The lowest BCUT2D eigenvalue weighted by Gasteiger charge is -1.96. The molecule has 2 aromatic rings. The van der Waals surface area contributed by atoms with E-state index in [-0.39, 0.29) is 0 Å². The van der Waals surface area contributed by atoms with Crippen LogP contribution >= 0.6 is 23.7 Å². The molecule has 1 aromatic carbocycles. The second kappa shape index (κ2) is 4.35. The normalized spacial score (nSPS) is 10.2. The largest absolute Gasteiger partial charge is 0.185 e. The second-order valence-electron chi connectivity index (χ2n) is 2.43. The van der Waals surface area contributed by atoms with E-state index in [0.29, 0.717) is 5.08 Å². The van der Waals surface area contributed by atoms with Crippen LogP contribution in [-0.4, -0.2) is 19.5 Å². The first-order chi connectivity index (χ1) is 6.92. The fourth-order valence-electron chi connectivity index (χ4n) is 1.05. The minimum Gasteiger partial charge on any atom is -0.185 e. The molecule has 14 heavy (non-hydrogen) atoms. The Balaban J connectivity index is 2.22. The number of para-hydroxylation sites is 1. The van der Waals surface area contributed by atoms with Crippen molar-refractivity contribution in [3.63, 3.8) is 0 Å². The number of aromatic nitrogens is 3. The summed E-state index contributed by atoms with van der Waals surface area (Å²) in [5, 5.41) is 19.0. The van der Waals surface area contributed by atoms with Gasteiger partial charge in [0.05, 0.1) is 5.08 Å². The summed E-state index contributed by atoms with van der Waals surface area (Å²) in [7, 11) is 0. The van der Waals surface area contributed by atoms with Gasteiger partial charge < -0.3 is 0 Å². The van der Waals surface area contributed by atoms with E-state index in [1.54, 1.807) is 4.09 Å². The molecule has 0 spiro atoms. The van der Waals surface area contributed by atoms with Gasteiger partial charge in [0.25, 0.3) is 0 Å². The smallest absolute Gasteiger partial charge is 0.134 e. The number of benzene rings is 1. The van der Waals surface area contributed by atoms with E-state index in [9.17, 15) is 0 Å². The Labute approximate surface area is 89.4 Å². The molecule has 0 atom stereocenters. The zero-order chi connectivity index (χ0) is 9.80. The predicted molar refractivity (Wildman–Crippen MR) is 58.6 cm³/mol. The quantitative estimate of drug-likeness (QED) is 0.452. The van der Waals surface area contributed by atoms with Crippen LogP contribution in [0.3, 0.4) is 0 Å². The Bertz CT molecular complexity index is 473. The Kier molecular flexibility index (Phi) is 2.91. The predicted octanol–water partition coefficient (Wildman–Crippen LogP) is 2.10.